The molecule has 0 aliphatic carbocycles. The number of alkyl halides is 3. The van der Waals surface area contributed by atoms with Crippen LogP contribution in [0, 0.1) is 11.3 Å². The second-order valence-electron chi connectivity index (χ2n) is 5.34. The Morgan fingerprint density at radius 3 is 2.28 bits per heavy atom. The molecule has 0 fully saturated rings. The first-order chi connectivity index (χ1) is 8.17. The summed E-state index contributed by atoms with van der Waals surface area (Å²) in [5.74, 6) is 0.349. The summed E-state index contributed by atoms with van der Waals surface area (Å²) in [5, 5.41) is 3.23. The van der Waals surface area contributed by atoms with E-state index in [0.717, 1.165) is 13.1 Å². The lowest BCUT2D eigenvalue weighted by atomic mass is 9.79. The van der Waals surface area contributed by atoms with E-state index in [-0.39, 0.29) is 28.8 Å². The van der Waals surface area contributed by atoms with Crippen molar-refractivity contribution in [1.29, 1.82) is 0 Å². The molecule has 0 spiro atoms. The molecule has 0 radical (unpaired) electrons. The Balaban J connectivity index is 4.01. The minimum atomic E-state index is -4.12. The molecular weight excluding hydrogens is 263 g/mol. The lowest BCUT2D eigenvalue weighted by Gasteiger charge is -2.31. The van der Waals surface area contributed by atoms with E-state index in [4.69, 9.17) is 4.74 Å². The molecule has 1 unspecified atom stereocenters. The Kier molecular flexibility index (Phi) is 8.30. The first-order valence-corrected chi connectivity index (χ1v) is 7.05. The highest BCUT2D eigenvalue weighted by atomic mass is 32.2. The van der Waals surface area contributed by atoms with Crippen LogP contribution in [0.25, 0.3) is 0 Å². The van der Waals surface area contributed by atoms with Crippen LogP contribution in [0.5, 0.6) is 0 Å². The molecular formula is C12H24F3NOS. The van der Waals surface area contributed by atoms with Gasteiger partial charge in [0.05, 0.1) is 6.61 Å². The molecule has 0 heterocycles. The number of rotatable bonds is 8. The van der Waals surface area contributed by atoms with E-state index in [0.29, 0.717) is 13.0 Å². The molecule has 0 aromatic rings. The van der Waals surface area contributed by atoms with Crippen LogP contribution >= 0.6 is 11.8 Å². The number of nitrogens with one attached hydrogen (secondary N) is 1. The van der Waals surface area contributed by atoms with Gasteiger partial charge in [0.2, 0.25) is 0 Å². The molecule has 0 saturated heterocycles. The number of thioether (sulfide) groups is 1. The Morgan fingerprint density at radius 2 is 1.83 bits per heavy atom. The zero-order valence-corrected chi connectivity index (χ0v) is 12.4. The maximum atomic E-state index is 12.1. The van der Waals surface area contributed by atoms with E-state index in [1.165, 1.54) is 0 Å². The van der Waals surface area contributed by atoms with Crippen molar-refractivity contribution in [3.8, 4) is 0 Å². The third-order valence-electron chi connectivity index (χ3n) is 2.83. The van der Waals surface area contributed by atoms with Gasteiger partial charge in [0, 0.05) is 19.4 Å². The van der Waals surface area contributed by atoms with Gasteiger partial charge in [-0.15, -0.1) is 0 Å². The molecule has 0 rings (SSSR count). The van der Waals surface area contributed by atoms with Crippen molar-refractivity contribution in [1.82, 2.24) is 5.32 Å². The highest BCUT2D eigenvalue weighted by molar-refractivity contribution is 8.00. The third kappa shape index (κ3) is 10.0. The first-order valence-electron chi connectivity index (χ1n) is 6.07. The van der Waals surface area contributed by atoms with E-state index < -0.39 is 5.51 Å². The van der Waals surface area contributed by atoms with Gasteiger partial charge in [-0.2, -0.15) is 13.2 Å². The maximum Gasteiger partial charge on any atom is 0.441 e. The van der Waals surface area contributed by atoms with Gasteiger partial charge in [-0.05, 0) is 24.3 Å². The standard InChI is InChI=1S/C12H24F3NOS/c1-11(2,3)10(9-16-6-7-17-4)5-8-18-12(13,14)15/h10,16H,5-9H2,1-4H3. The molecule has 0 aliphatic rings. The van der Waals surface area contributed by atoms with E-state index in [1.54, 1.807) is 7.11 Å². The summed E-state index contributed by atoms with van der Waals surface area (Å²) < 4.78 is 41.2. The lowest BCUT2D eigenvalue weighted by Crippen LogP contribution is -2.34. The van der Waals surface area contributed by atoms with E-state index >= 15 is 0 Å². The molecule has 0 aromatic carbocycles. The van der Waals surface area contributed by atoms with Crippen LogP contribution in [-0.2, 0) is 4.74 Å². The largest absolute Gasteiger partial charge is 0.441 e. The van der Waals surface area contributed by atoms with Gasteiger partial charge in [-0.1, -0.05) is 32.5 Å². The SMILES string of the molecule is COCCNCC(CCSC(F)(F)F)C(C)(C)C. The third-order valence-corrected chi connectivity index (χ3v) is 3.60. The van der Waals surface area contributed by atoms with Crippen LogP contribution in [0.15, 0.2) is 0 Å². The summed E-state index contributed by atoms with van der Waals surface area (Å²) in [4.78, 5) is 0. The van der Waals surface area contributed by atoms with Gasteiger partial charge in [-0.3, -0.25) is 0 Å². The molecule has 0 aromatic heterocycles. The average molecular weight is 287 g/mol. The van der Waals surface area contributed by atoms with Gasteiger partial charge in [0.15, 0.2) is 0 Å². The lowest BCUT2D eigenvalue weighted by molar-refractivity contribution is -0.0329. The number of halogens is 3. The summed E-state index contributed by atoms with van der Waals surface area (Å²) in [5.41, 5.74) is -4.11. The number of hydrogen-bond donors (Lipinski definition) is 1. The smallest absolute Gasteiger partial charge is 0.383 e. The van der Waals surface area contributed by atoms with Crippen molar-refractivity contribution >= 4 is 11.8 Å². The van der Waals surface area contributed by atoms with E-state index in [1.807, 2.05) is 0 Å². The number of hydrogen-bond acceptors (Lipinski definition) is 3. The quantitative estimate of drug-likeness (QED) is 0.690. The van der Waals surface area contributed by atoms with Crippen molar-refractivity contribution in [3.05, 3.63) is 0 Å². The van der Waals surface area contributed by atoms with Crippen LogP contribution in [0.4, 0.5) is 13.2 Å². The summed E-state index contributed by atoms with van der Waals surface area (Å²) in [7, 11) is 1.63. The summed E-state index contributed by atoms with van der Waals surface area (Å²) >= 11 is 0.0693. The van der Waals surface area contributed by atoms with Crippen LogP contribution < -0.4 is 5.32 Å². The zero-order valence-electron chi connectivity index (χ0n) is 11.6. The summed E-state index contributed by atoms with van der Waals surface area (Å²) in [6.07, 6.45) is 0.563. The van der Waals surface area contributed by atoms with Crippen molar-refractivity contribution < 1.29 is 17.9 Å². The average Bonchev–Trinajstić information content (AvgIpc) is 2.18. The van der Waals surface area contributed by atoms with E-state index in [9.17, 15) is 13.2 Å². The molecule has 1 N–H and O–H groups in total. The monoisotopic (exact) mass is 287 g/mol. The summed E-state index contributed by atoms with van der Waals surface area (Å²) in [6, 6.07) is 0. The molecule has 110 valence electrons. The Labute approximate surface area is 112 Å². The molecule has 18 heavy (non-hydrogen) atoms. The van der Waals surface area contributed by atoms with Crippen molar-refractivity contribution in [2.45, 2.75) is 32.7 Å². The Hall–Kier alpha value is 0.0600. The fourth-order valence-electron chi connectivity index (χ4n) is 1.61. The Morgan fingerprint density at radius 1 is 1.22 bits per heavy atom. The molecule has 0 saturated carbocycles. The van der Waals surface area contributed by atoms with Gasteiger partial charge in [0.1, 0.15) is 0 Å². The van der Waals surface area contributed by atoms with E-state index in [2.05, 4.69) is 26.1 Å². The maximum absolute atomic E-state index is 12.1. The molecule has 6 heteroatoms. The van der Waals surface area contributed by atoms with Crippen LogP contribution in [0.2, 0.25) is 0 Å². The fourth-order valence-corrected chi connectivity index (χ4v) is 2.24. The fraction of sp³-hybridized carbons (Fsp3) is 1.00. The van der Waals surface area contributed by atoms with Crippen molar-refractivity contribution in [3.63, 3.8) is 0 Å². The molecule has 0 aliphatic heterocycles. The second kappa shape index (κ2) is 8.27. The first kappa shape index (κ1) is 18.1. The highest BCUT2D eigenvalue weighted by Gasteiger charge is 2.30. The predicted octanol–water partition coefficient (Wildman–Crippen LogP) is 3.53. The number of methoxy groups -OCH3 is 1. The summed E-state index contributed by atoms with van der Waals surface area (Å²) in [6.45, 7) is 8.27. The molecule has 0 amide bonds. The topological polar surface area (TPSA) is 21.3 Å². The van der Waals surface area contributed by atoms with Crippen LogP contribution in [0.1, 0.15) is 27.2 Å². The van der Waals surface area contributed by atoms with Crippen LogP contribution in [-0.4, -0.2) is 38.1 Å². The van der Waals surface area contributed by atoms with Crippen molar-refractivity contribution in [2.75, 3.05) is 32.6 Å². The van der Waals surface area contributed by atoms with Gasteiger partial charge in [0.25, 0.3) is 0 Å². The molecule has 0 bridgehead atoms. The highest BCUT2D eigenvalue weighted by Crippen LogP contribution is 2.34. The van der Waals surface area contributed by atoms with Gasteiger partial charge < -0.3 is 10.1 Å². The molecule has 1 atom stereocenters. The van der Waals surface area contributed by atoms with Crippen molar-refractivity contribution in [2.24, 2.45) is 11.3 Å². The number of ether oxygens (including phenoxy) is 1. The predicted molar refractivity (Wildman–Crippen MR) is 70.8 cm³/mol. The second-order valence-corrected chi connectivity index (χ2v) is 6.50. The Bertz CT molecular complexity index is 216. The minimum absolute atomic E-state index is 0.00618. The minimum Gasteiger partial charge on any atom is -0.383 e. The molecule has 2 nitrogen and oxygen atoms in total. The normalized spacial score (nSPS) is 14.8. The zero-order chi connectivity index (χ0) is 14.2. The van der Waals surface area contributed by atoms with Gasteiger partial charge in [-0.25, -0.2) is 0 Å². The van der Waals surface area contributed by atoms with Gasteiger partial charge >= 0.3 is 5.51 Å². The van der Waals surface area contributed by atoms with Crippen LogP contribution in [0.3, 0.4) is 0 Å².